The number of carbonyl (C=O) groups excluding carboxylic acids is 1. The number of carboxylic acid groups (broad SMARTS) is 1. The molecule has 0 fully saturated rings. The molecule has 0 aromatic heterocycles. The predicted molar refractivity (Wildman–Crippen MR) is 97.4 cm³/mol. The Morgan fingerprint density at radius 1 is 1.04 bits per heavy atom. The van der Waals surface area contributed by atoms with E-state index in [1.54, 1.807) is 24.3 Å². The first-order chi connectivity index (χ1) is 12.5. The highest BCUT2D eigenvalue weighted by Gasteiger charge is 2.19. The molecule has 0 aliphatic heterocycles. The number of carboxylic acids is 1. The van der Waals surface area contributed by atoms with E-state index in [1.165, 1.54) is 0 Å². The Balaban J connectivity index is 1.96. The molecule has 0 aliphatic rings. The highest BCUT2D eigenvalue weighted by atomic mass is 16.5. The molecule has 2 N–H and O–H groups in total. The monoisotopic (exact) mass is 357 g/mol. The van der Waals surface area contributed by atoms with Crippen LogP contribution in [-0.4, -0.2) is 30.2 Å². The van der Waals surface area contributed by atoms with Crippen molar-refractivity contribution in [1.29, 1.82) is 0 Å². The summed E-state index contributed by atoms with van der Waals surface area (Å²) >= 11 is 0. The molecule has 2 aromatic carbocycles. The first-order valence-corrected chi connectivity index (χ1v) is 8.42. The Morgan fingerprint density at radius 2 is 1.65 bits per heavy atom. The van der Waals surface area contributed by atoms with E-state index in [0.29, 0.717) is 12.4 Å². The zero-order chi connectivity index (χ0) is 18.9. The second-order valence-corrected chi connectivity index (χ2v) is 5.77. The van der Waals surface area contributed by atoms with Gasteiger partial charge in [-0.05, 0) is 49.2 Å². The first kappa shape index (κ1) is 19.3. The van der Waals surface area contributed by atoms with E-state index >= 15 is 0 Å². The molecule has 6 nitrogen and oxygen atoms in total. The Labute approximate surface area is 152 Å². The number of rotatable bonds is 9. The molecule has 2 rings (SSSR count). The molecule has 0 spiro atoms. The maximum Gasteiger partial charge on any atom is 0.305 e. The van der Waals surface area contributed by atoms with Crippen LogP contribution in [0.1, 0.15) is 30.5 Å². The van der Waals surface area contributed by atoms with E-state index in [2.05, 4.69) is 5.32 Å². The number of aryl methyl sites for hydroxylation is 1. The third kappa shape index (κ3) is 5.81. The highest BCUT2D eigenvalue weighted by molar-refractivity contribution is 5.79. The number of ether oxygens (including phenoxy) is 2. The second kappa shape index (κ2) is 9.46. The third-order valence-corrected chi connectivity index (χ3v) is 3.78. The van der Waals surface area contributed by atoms with Gasteiger partial charge in [0, 0.05) is 0 Å². The van der Waals surface area contributed by atoms with E-state index in [-0.39, 0.29) is 18.9 Å². The van der Waals surface area contributed by atoms with Gasteiger partial charge in [-0.1, -0.05) is 24.3 Å². The molecule has 0 bridgehead atoms. The fraction of sp³-hybridized carbons (Fsp3) is 0.300. The quantitative estimate of drug-likeness (QED) is 0.720. The lowest BCUT2D eigenvalue weighted by molar-refractivity contribution is -0.137. The van der Waals surface area contributed by atoms with Gasteiger partial charge in [0.25, 0.3) is 5.91 Å². The van der Waals surface area contributed by atoms with Crippen LogP contribution in [0.4, 0.5) is 0 Å². The minimum atomic E-state index is -0.981. The van der Waals surface area contributed by atoms with Gasteiger partial charge < -0.3 is 19.9 Å². The van der Waals surface area contributed by atoms with Gasteiger partial charge in [0.05, 0.1) is 19.1 Å². The number of nitrogens with one attached hydrogen (secondary N) is 1. The molecule has 138 valence electrons. The van der Waals surface area contributed by atoms with Crippen molar-refractivity contribution in [3.05, 3.63) is 59.7 Å². The Kier molecular flexibility index (Phi) is 7.02. The van der Waals surface area contributed by atoms with Crippen LogP contribution in [0, 0.1) is 6.92 Å². The van der Waals surface area contributed by atoms with Crippen molar-refractivity contribution < 1.29 is 24.2 Å². The van der Waals surface area contributed by atoms with Crippen LogP contribution in [0.25, 0.3) is 0 Å². The van der Waals surface area contributed by atoms with Crippen LogP contribution in [0.2, 0.25) is 0 Å². The van der Waals surface area contributed by atoms with Crippen LogP contribution in [0.15, 0.2) is 48.5 Å². The summed E-state index contributed by atoms with van der Waals surface area (Å²) in [7, 11) is 0. The average molecular weight is 357 g/mol. The third-order valence-electron chi connectivity index (χ3n) is 3.78. The molecule has 0 radical (unpaired) electrons. The normalized spacial score (nSPS) is 11.5. The van der Waals surface area contributed by atoms with Crippen molar-refractivity contribution in [3.63, 3.8) is 0 Å². The summed E-state index contributed by atoms with van der Waals surface area (Å²) in [5, 5.41) is 11.9. The molecule has 0 saturated heterocycles. The summed E-state index contributed by atoms with van der Waals surface area (Å²) in [5.41, 5.74) is 1.70. The number of hydrogen-bond acceptors (Lipinski definition) is 4. The lowest BCUT2D eigenvalue weighted by Crippen LogP contribution is -2.34. The summed E-state index contributed by atoms with van der Waals surface area (Å²) in [6.07, 6.45) is -0.195. The van der Waals surface area contributed by atoms with Crippen molar-refractivity contribution in [2.45, 2.75) is 26.3 Å². The topological polar surface area (TPSA) is 84.9 Å². The molecule has 0 aliphatic carbocycles. The fourth-order valence-electron chi connectivity index (χ4n) is 2.57. The molecule has 2 aromatic rings. The Morgan fingerprint density at radius 3 is 2.23 bits per heavy atom. The maximum absolute atomic E-state index is 12.2. The summed E-state index contributed by atoms with van der Waals surface area (Å²) < 4.78 is 10.8. The van der Waals surface area contributed by atoms with E-state index in [0.717, 1.165) is 16.9 Å². The van der Waals surface area contributed by atoms with Crippen LogP contribution in [0.3, 0.4) is 0 Å². The van der Waals surface area contributed by atoms with E-state index < -0.39 is 12.0 Å². The number of amides is 1. The van der Waals surface area contributed by atoms with Gasteiger partial charge in [-0.25, -0.2) is 0 Å². The minimum absolute atomic E-state index is 0.195. The minimum Gasteiger partial charge on any atom is -0.494 e. The van der Waals surface area contributed by atoms with E-state index in [1.807, 2.05) is 38.1 Å². The molecule has 6 heteroatoms. The largest absolute Gasteiger partial charge is 0.494 e. The summed E-state index contributed by atoms with van der Waals surface area (Å²) in [5.74, 6) is -0.0981. The number of hydrogen-bond donors (Lipinski definition) is 2. The fourth-order valence-corrected chi connectivity index (χ4v) is 2.57. The molecule has 26 heavy (non-hydrogen) atoms. The average Bonchev–Trinajstić information content (AvgIpc) is 2.61. The zero-order valence-corrected chi connectivity index (χ0v) is 14.9. The zero-order valence-electron chi connectivity index (χ0n) is 14.9. The lowest BCUT2D eigenvalue weighted by atomic mass is 9.99. The maximum atomic E-state index is 12.2. The van der Waals surface area contributed by atoms with Gasteiger partial charge in [-0.3, -0.25) is 9.59 Å². The molecule has 0 heterocycles. The Bertz CT molecular complexity index is 742. The predicted octanol–water partition coefficient (Wildman–Crippen LogP) is 3.10. The van der Waals surface area contributed by atoms with Crippen molar-refractivity contribution in [3.8, 4) is 11.5 Å². The van der Waals surface area contributed by atoms with Crippen LogP contribution in [0.5, 0.6) is 11.5 Å². The van der Waals surface area contributed by atoms with E-state index in [9.17, 15) is 9.59 Å². The summed E-state index contributed by atoms with van der Waals surface area (Å²) in [6.45, 7) is 4.16. The highest BCUT2D eigenvalue weighted by Crippen LogP contribution is 2.21. The van der Waals surface area contributed by atoms with E-state index in [4.69, 9.17) is 14.6 Å². The first-order valence-electron chi connectivity index (χ1n) is 8.42. The van der Waals surface area contributed by atoms with Gasteiger partial charge in [0.1, 0.15) is 11.5 Å². The lowest BCUT2D eigenvalue weighted by Gasteiger charge is -2.19. The van der Waals surface area contributed by atoms with Crippen LogP contribution < -0.4 is 14.8 Å². The van der Waals surface area contributed by atoms with Crippen molar-refractivity contribution >= 4 is 11.9 Å². The van der Waals surface area contributed by atoms with Gasteiger partial charge >= 0.3 is 5.97 Å². The van der Waals surface area contributed by atoms with Gasteiger partial charge in [0.2, 0.25) is 0 Å². The van der Waals surface area contributed by atoms with Crippen molar-refractivity contribution in [2.75, 3.05) is 13.2 Å². The van der Waals surface area contributed by atoms with Crippen molar-refractivity contribution in [1.82, 2.24) is 5.32 Å². The summed E-state index contributed by atoms with van der Waals surface area (Å²) in [4.78, 5) is 23.4. The van der Waals surface area contributed by atoms with Crippen LogP contribution >= 0.6 is 0 Å². The number of carbonyl (C=O) groups is 2. The SMILES string of the molecule is CCOc1ccc(OCC(=O)NC(CC(=O)O)c2ccccc2C)cc1. The molecule has 1 atom stereocenters. The van der Waals surface area contributed by atoms with Gasteiger partial charge in [-0.15, -0.1) is 0 Å². The number of benzene rings is 2. The van der Waals surface area contributed by atoms with Gasteiger partial charge in [0.15, 0.2) is 6.61 Å². The second-order valence-electron chi connectivity index (χ2n) is 5.77. The molecular weight excluding hydrogens is 334 g/mol. The van der Waals surface area contributed by atoms with Crippen molar-refractivity contribution in [2.24, 2.45) is 0 Å². The smallest absolute Gasteiger partial charge is 0.305 e. The molecule has 1 amide bonds. The Hall–Kier alpha value is -3.02. The molecule has 0 saturated carbocycles. The standard InChI is InChI=1S/C20H23NO5/c1-3-25-15-8-10-16(11-9-15)26-13-19(22)21-18(12-20(23)24)17-7-5-4-6-14(17)2/h4-11,18H,3,12-13H2,1-2H3,(H,21,22)(H,23,24). The van der Waals surface area contributed by atoms with Crippen LogP contribution in [-0.2, 0) is 9.59 Å². The molecular formula is C20H23NO5. The number of aliphatic carboxylic acids is 1. The van der Waals surface area contributed by atoms with Gasteiger partial charge in [-0.2, -0.15) is 0 Å². The summed E-state index contributed by atoms with van der Waals surface area (Å²) in [6, 6.07) is 13.7. The molecule has 1 unspecified atom stereocenters.